The zero-order chi connectivity index (χ0) is 21.7. The number of carbonyl (C=O) groups is 3. The van der Waals surface area contributed by atoms with Gasteiger partial charge >= 0.3 is 11.9 Å². The van der Waals surface area contributed by atoms with Gasteiger partial charge in [0, 0.05) is 11.1 Å². The summed E-state index contributed by atoms with van der Waals surface area (Å²) in [5.74, 6) is -1.86. The monoisotopic (exact) mass is 407 g/mol. The van der Waals surface area contributed by atoms with Gasteiger partial charge in [-0.05, 0) is 32.4 Å². The molecule has 0 spiro atoms. The van der Waals surface area contributed by atoms with Gasteiger partial charge < -0.3 is 9.47 Å². The van der Waals surface area contributed by atoms with Gasteiger partial charge in [0.2, 0.25) is 5.54 Å². The molecule has 30 heavy (non-hydrogen) atoms. The fraction of sp³-hybridized carbons (Fsp3) is 0.292. The number of hydrogen-bond donors (Lipinski definition) is 1. The van der Waals surface area contributed by atoms with Crippen LogP contribution in [0.25, 0.3) is 0 Å². The molecule has 1 aliphatic heterocycles. The van der Waals surface area contributed by atoms with Crippen molar-refractivity contribution in [1.29, 1.82) is 0 Å². The molecule has 156 valence electrons. The molecule has 2 aromatic carbocycles. The fourth-order valence-electron chi connectivity index (χ4n) is 3.45. The molecular formula is C24H25NO5. The van der Waals surface area contributed by atoms with E-state index in [2.05, 4.69) is 5.32 Å². The number of rotatable bonds is 7. The molecule has 0 radical (unpaired) electrons. The predicted octanol–water partition coefficient (Wildman–Crippen LogP) is 3.31. The van der Waals surface area contributed by atoms with Gasteiger partial charge in [0.15, 0.2) is 5.78 Å². The summed E-state index contributed by atoms with van der Waals surface area (Å²) >= 11 is 0. The molecule has 0 amide bonds. The number of benzene rings is 2. The Balaban J connectivity index is 2.13. The molecule has 0 saturated carbocycles. The van der Waals surface area contributed by atoms with Crippen LogP contribution in [0.3, 0.4) is 0 Å². The van der Waals surface area contributed by atoms with E-state index in [9.17, 15) is 14.4 Å². The second kappa shape index (κ2) is 9.05. The highest BCUT2D eigenvalue weighted by Crippen LogP contribution is 2.36. The number of ether oxygens (including phenoxy) is 2. The van der Waals surface area contributed by atoms with Crippen LogP contribution in [0.1, 0.15) is 41.4 Å². The van der Waals surface area contributed by atoms with E-state index in [0.29, 0.717) is 11.1 Å². The molecule has 3 rings (SSSR count). The molecule has 0 fully saturated rings. The minimum Gasteiger partial charge on any atom is -0.464 e. The van der Waals surface area contributed by atoms with E-state index in [1.165, 1.54) is 6.08 Å². The van der Waals surface area contributed by atoms with Gasteiger partial charge in [-0.15, -0.1) is 0 Å². The fourth-order valence-corrected chi connectivity index (χ4v) is 3.45. The van der Waals surface area contributed by atoms with Gasteiger partial charge in [-0.25, -0.2) is 9.59 Å². The second-order valence-corrected chi connectivity index (χ2v) is 7.03. The predicted molar refractivity (Wildman–Crippen MR) is 112 cm³/mol. The summed E-state index contributed by atoms with van der Waals surface area (Å²) in [7, 11) is 0. The van der Waals surface area contributed by atoms with Crippen LogP contribution in [0.2, 0.25) is 0 Å². The van der Waals surface area contributed by atoms with Crippen molar-refractivity contribution in [2.24, 2.45) is 0 Å². The highest BCUT2D eigenvalue weighted by molar-refractivity contribution is 6.15. The molecule has 1 N–H and O–H groups in total. The lowest BCUT2D eigenvalue weighted by molar-refractivity contribution is -0.162. The molecule has 1 heterocycles. The minimum atomic E-state index is -1.89. The number of nitrogens with one attached hydrogen (secondary N) is 1. The number of Topliss-reactive ketones (excluding diaryl/α,β-unsaturated/α-hetero) is 1. The molecule has 0 bridgehead atoms. The van der Waals surface area contributed by atoms with Crippen LogP contribution < -0.4 is 5.32 Å². The van der Waals surface area contributed by atoms with Gasteiger partial charge in [0.1, 0.15) is 0 Å². The molecule has 1 atom stereocenters. The Hall–Kier alpha value is -3.25. The third-order valence-corrected chi connectivity index (χ3v) is 4.96. The van der Waals surface area contributed by atoms with E-state index in [-0.39, 0.29) is 19.0 Å². The average molecular weight is 407 g/mol. The van der Waals surface area contributed by atoms with Gasteiger partial charge in [-0.2, -0.15) is 0 Å². The molecule has 0 aliphatic carbocycles. The molecule has 1 aliphatic rings. The van der Waals surface area contributed by atoms with Gasteiger partial charge in [0.25, 0.3) is 0 Å². The molecular weight excluding hydrogens is 382 g/mol. The third-order valence-electron chi connectivity index (χ3n) is 4.96. The Morgan fingerprint density at radius 2 is 1.47 bits per heavy atom. The third kappa shape index (κ3) is 4.04. The van der Waals surface area contributed by atoms with Crippen LogP contribution >= 0.6 is 0 Å². The van der Waals surface area contributed by atoms with Crippen molar-refractivity contribution in [3.8, 4) is 0 Å². The van der Waals surface area contributed by atoms with E-state index in [0.717, 1.165) is 11.1 Å². The Bertz CT molecular complexity index is 945. The highest BCUT2D eigenvalue weighted by atomic mass is 16.6. The van der Waals surface area contributed by atoms with Crippen molar-refractivity contribution in [1.82, 2.24) is 5.32 Å². The number of carbonyl (C=O) groups excluding carboxylic acids is 3. The molecule has 6 heteroatoms. The topological polar surface area (TPSA) is 81.7 Å². The molecule has 6 nitrogen and oxygen atoms in total. The quantitative estimate of drug-likeness (QED) is 0.431. The Kier molecular flexibility index (Phi) is 6.47. The van der Waals surface area contributed by atoms with Gasteiger partial charge in [-0.3, -0.25) is 10.1 Å². The van der Waals surface area contributed by atoms with Crippen LogP contribution in [-0.4, -0.2) is 36.5 Å². The molecule has 2 aromatic rings. The van der Waals surface area contributed by atoms with E-state index < -0.39 is 23.5 Å². The zero-order valence-corrected chi connectivity index (χ0v) is 17.3. The molecule has 0 aromatic heterocycles. The SMILES string of the molecule is CCOC(=O)C1(C(=O)OCC)C=C(C(=O)c2ccccc2)[C@H](c2ccc(C)cc2)N1. The normalized spacial score (nSPS) is 17.2. The number of ketones is 1. The average Bonchev–Trinajstić information content (AvgIpc) is 3.17. The number of hydrogen-bond acceptors (Lipinski definition) is 6. The summed E-state index contributed by atoms with van der Waals surface area (Å²) in [5.41, 5.74) is 0.684. The first-order valence-corrected chi connectivity index (χ1v) is 9.94. The summed E-state index contributed by atoms with van der Waals surface area (Å²) in [6.45, 7) is 5.45. The van der Waals surface area contributed by atoms with Crippen molar-refractivity contribution >= 4 is 17.7 Å². The number of esters is 2. The van der Waals surface area contributed by atoms with E-state index in [4.69, 9.17) is 9.47 Å². The van der Waals surface area contributed by atoms with Gasteiger partial charge in [0.05, 0.1) is 19.3 Å². The maximum Gasteiger partial charge on any atom is 0.342 e. The smallest absolute Gasteiger partial charge is 0.342 e. The summed E-state index contributed by atoms with van der Waals surface area (Å²) in [5, 5.41) is 3.05. The largest absolute Gasteiger partial charge is 0.464 e. The van der Waals surface area contributed by atoms with E-state index >= 15 is 0 Å². The van der Waals surface area contributed by atoms with Crippen LogP contribution in [0.4, 0.5) is 0 Å². The maximum atomic E-state index is 13.3. The molecule has 0 unspecified atom stereocenters. The Morgan fingerprint density at radius 1 is 0.900 bits per heavy atom. The highest BCUT2D eigenvalue weighted by Gasteiger charge is 2.54. The summed E-state index contributed by atoms with van der Waals surface area (Å²) < 4.78 is 10.4. The Morgan fingerprint density at radius 3 is 2.00 bits per heavy atom. The lowest BCUT2D eigenvalue weighted by Gasteiger charge is -2.26. The lowest BCUT2D eigenvalue weighted by atomic mass is 9.93. The molecule has 0 saturated heterocycles. The van der Waals surface area contributed by atoms with Crippen LogP contribution in [0.5, 0.6) is 0 Å². The van der Waals surface area contributed by atoms with Crippen molar-refractivity contribution in [2.45, 2.75) is 32.4 Å². The first kappa shape index (κ1) is 21.5. The standard InChI is InChI=1S/C24H25NO5/c1-4-29-22(27)24(23(28)30-5-2)15-19(21(26)18-9-7-6-8-10-18)20(25-24)17-13-11-16(3)12-14-17/h6-15,20,25H,4-5H2,1-3H3/t20-/m0/s1. The van der Waals surface area contributed by atoms with Crippen molar-refractivity contribution < 1.29 is 23.9 Å². The van der Waals surface area contributed by atoms with Crippen LogP contribution in [0.15, 0.2) is 66.2 Å². The minimum absolute atomic E-state index is 0.0900. The zero-order valence-electron chi connectivity index (χ0n) is 17.3. The summed E-state index contributed by atoms with van der Waals surface area (Å²) in [6, 6.07) is 15.6. The summed E-state index contributed by atoms with van der Waals surface area (Å²) in [4.78, 5) is 39.1. The van der Waals surface area contributed by atoms with Crippen molar-refractivity contribution in [3.05, 3.63) is 82.9 Å². The second-order valence-electron chi connectivity index (χ2n) is 7.03. The van der Waals surface area contributed by atoms with Crippen LogP contribution in [-0.2, 0) is 19.1 Å². The number of aryl methyl sites for hydroxylation is 1. The summed E-state index contributed by atoms with van der Waals surface area (Å²) in [6.07, 6.45) is 1.36. The maximum absolute atomic E-state index is 13.3. The van der Waals surface area contributed by atoms with E-state index in [1.54, 1.807) is 38.1 Å². The first-order chi connectivity index (χ1) is 14.4. The van der Waals surface area contributed by atoms with Crippen LogP contribution in [0, 0.1) is 6.92 Å². The van der Waals surface area contributed by atoms with Crippen molar-refractivity contribution in [2.75, 3.05) is 13.2 Å². The first-order valence-electron chi connectivity index (χ1n) is 9.94. The van der Waals surface area contributed by atoms with Gasteiger partial charge in [-0.1, -0.05) is 60.2 Å². The lowest BCUT2D eigenvalue weighted by Crippen LogP contribution is -2.56. The van der Waals surface area contributed by atoms with Crippen molar-refractivity contribution in [3.63, 3.8) is 0 Å². The van der Waals surface area contributed by atoms with E-state index in [1.807, 2.05) is 37.3 Å². The Labute approximate surface area is 175 Å².